The minimum atomic E-state index is -4.16. The zero-order chi connectivity index (χ0) is 25.5. The molecule has 0 unspecified atom stereocenters. The molecule has 0 saturated heterocycles. The number of nitrogens with zero attached hydrogens (tertiary/aromatic N) is 1. The van der Waals surface area contributed by atoms with Crippen molar-refractivity contribution in [3.05, 3.63) is 126 Å². The van der Waals surface area contributed by atoms with Crippen molar-refractivity contribution in [2.75, 3.05) is 18.0 Å². The Hall–Kier alpha value is -4.17. The second kappa shape index (κ2) is 11.0. The monoisotopic (exact) mass is 504 g/mol. The Morgan fingerprint density at radius 2 is 1.36 bits per heavy atom. The van der Waals surface area contributed by atoms with E-state index in [0.717, 1.165) is 27.6 Å². The van der Waals surface area contributed by atoms with Gasteiger partial charge >= 0.3 is 0 Å². The van der Waals surface area contributed by atoms with E-state index in [1.54, 1.807) is 0 Å². The maximum absolute atomic E-state index is 13.6. The molecule has 184 valence electrons. The van der Waals surface area contributed by atoms with Crippen LogP contribution in [0, 0.1) is 5.82 Å². The fourth-order valence-corrected chi connectivity index (χ4v) is 5.21. The lowest BCUT2D eigenvalue weighted by Crippen LogP contribution is -2.42. The van der Waals surface area contributed by atoms with Gasteiger partial charge in [0.1, 0.15) is 18.1 Å². The highest BCUT2D eigenvalue weighted by molar-refractivity contribution is 7.92. The first-order valence-electron chi connectivity index (χ1n) is 11.2. The minimum Gasteiger partial charge on any atom is -0.497 e. The first-order valence-corrected chi connectivity index (χ1v) is 12.6. The third-order valence-electron chi connectivity index (χ3n) is 5.62. The van der Waals surface area contributed by atoms with Crippen molar-refractivity contribution in [1.82, 2.24) is 5.32 Å². The van der Waals surface area contributed by atoms with E-state index >= 15 is 0 Å². The molecule has 8 heteroatoms. The molecule has 4 rings (SSSR count). The van der Waals surface area contributed by atoms with Crippen LogP contribution >= 0.6 is 0 Å². The van der Waals surface area contributed by atoms with E-state index in [-0.39, 0.29) is 10.6 Å². The zero-order valence-electron chi connectivity index (χ0n) is 19.5. The lowest BCUT2D eigenvalue weighted by Gasteiger charge is -2.26. The number of carbonyl (C=O) groups is 1. The lowest BCUT2D eigenvalue weighted by atomic mass is 9.99. The summed E-state index contributed by atoms with van der Waals surface area (Å²) >= 11 is 0. The second-order valence-electron chi connectivity index (χ2n) is 7.99. The minimum absolute atomic E-state index is 0.0249. The van der Waals surface area contributed by atoms with Gasteiger partial charge in [-0.1, -0.05) is 60.7 Å². The number of carbonyl (C=O) groups excluding carboxylic acids is 1. The van der Waals surface area contributed by atoms with Crippen molar-refractivity contribution >= 4 is 21.6 Å². The number of methoxy groups -OCH3 is 1. The summed E-state index contributed by atoms with van der Waals surface area (Å²) in [5.41, 5.74) is 1.87. The average molecular weight is 505 g/mol. The van der Waals surface area contributed by atoms with Crippen LogP contribution in [0.5, 0.6) is 5.75 Å². The van der Waals surface area contributed by atoms with Crippen LogP contribution in [0.15, 0.2) is 114 Å². The van der Waals surface area contributed by atoms with Crippen LogP contribution in [0.2, 0.25) is 0 Å². The Balaban J connectivity index is 1.67. The maximum Gasteiger partial charge on any atom is 0.264 e. The van der Waals surface area contributed by atoms with Gasteiger partial charge in [-0.15, -0.1) is 0 Å². The van der Waals surface area contributed by atoms with Crippen molar-refractivity contribution in [2.45, 2.75) is 10.9 Å². The lowest BCUT2D eigenvalue weighted by molar-refractivity contribution is -0.120. The smallest absolute Gasteiger partial charge is 0.264 e. The molecule has 0 aromatic heterocycles. The molecule has 0 heterocycles. The number of benzene rings is 4. The van der Waals surface area contributed by atoms with E-state index in [0.29, 0.717) is 5.75 Å². The fourth-order valence-electron chi connectivity index (χ4n) is 3.78. The van der Waals surface area contributed by atoms with Crippen LogP contribution in [0.1, 0.15) is 17.2 Å². The number of anilines is 1. The number of hydrogen-bond donors (Lipinski definition) is 1. The van der Waals surface area contributed by atoms with Crippen LogP contribution in [-0.2, 0) is 14.8 Å². The van der Waals surface area contributed by atoms with Crippen molar-refractivity contribution in [1.29, 1.82) is 0 Å². The van der Waals surface area contributed by atoms with E-state index in [1.165, 1.54) is 43.5 Å². The predicted octanol–water partition coefficient (Wildman–Crippen LogP) is 4.94. The molecule has 0 atom stereocenters. The van der Waals surface area contributed by atoms with Crippen LogP contribution < -0.4 is 14.4 Å². The molecule has 0 aliphatic carbocycles. The summed E-state index contributed by atoms with van der Waals surface area (Å²) in [6.07, 6.45) is 0. The van der Waals surface area contributed by atoms with E-state index < -0.39 is 34.3 Å². The summed E-state index contributed by atoms with van der Waals surface area (Å²) in [6.45, 7) is -0.504. The quantitative estimate of drug-likeness (QED) is 0.351. The summed E-state index contributed by atoms with van der Waals surface area (Å²) in [5, 5.41) is 2.96. The molecular weight excluding hydrogens is 479 g/mol. The number of hydrogen-bond acceptors (Lipinski definition) is 4. The Morgan fingerprint density at radius 3 is 1.86 bits per heavy atom. The Kier molecular flexibility index (Phi) is 7.65. The molecule has 0 radical (unpaired) electrons. The number of amides is 1. The molecule has 4 aromatic carbocycles. The highest BCUT2D eigenvalue weighted by Crippen LogP contribution is 2.26. The first kappa shape index (κ1) is 24.9. The topological polar surface area (TPSA) is 75.7 Å². The molecule has 0 saturated carbocycles. The van der Waals surface area contributed by atoms with Gasteiger partial charge in [0.15, 0.2) is 0 Å². The van der Waals surface area contributed by atoms with Crippen molar-refractivity contribution in [3.8, 4) is 5.75 Å². The molecule has 4 aromatic rings. The molecule has 1 amide bonds. The summed E-state index contributed by atoms with van der Waals surface area (Å²) in [5.74, 6) is -0.541. The largest absolute Gasteiger partial charge is 0.497 e. The summed E-state index contributed by atoms with van der Waals surface area (Å²) in [7, 11) is -2.68. The van der Waals surface area contributed by atoms with Gasteiger partial charge in [0, 0.05) is 0 Å². The Bertz CT molecular complexity index is 1360. The standard InChI is InChI=1S/C28H25FN2O4S/c1-35-25-16-18-26(19-17-25)36(33,34)31(24-14-12-23(29)13-15-24)20-27(32)30-28(21-8-4-2-5-9-21)22-10-6-3-7-11-22/h2-19,28H,20H2,1H3,(H,30,32). The molecule has 0 aliphatic heterocycles. The average Bonchev–Trinajstić information content (AvgIpc) is 2.92. The predicted molar refractivity (Wildman–Crippen MR) is 137 cm³/mol. The van der Waals surface area contributed by atoms with Gasteiger partial charge in [0.25, 0.3) is 10.0 Å². The van der Waals surface area contributed by atoms with Crippen molar-refractivity contribution in [2.24, 2.45) is 0 Å². The van der Waals surface area contributed by atoms with Gasteiger partial charge in [0.05, 0.1) is 23.7 Å². The normalized spacial score (nSPS) is 11.2. The van der Waals surface area contributed by atoms with Gasteiger partial charge in [-0.2, -0.15) is 0 Å². The van der Waals surface area contributed by atoms with Gasteiger partial charge in [0.2, 0.25) is 5.91 Å². The highest BCUT2D eigenvalue weighted by Gasteiger charge is 2.28. The van der Waals surface area contributed by atoms with E-state index in [9.17, 15) is 17.6 Å². The molecule has 36 heavy (non-hydrogen) atoms. The molecule has 6 nitrogen and oxygen atoms in total. The second-order valence-corrected chi connectivity index (χ2v) is 9.85. The fraction of sp³-hybridized carbons (Fsp3) is 0.107. The van der Waals surface area contributed by atoms with E-state index in [4.69, 9.17) is 4.74 Å². The molecular formula is C28H25FN2O4S. The maximum atomic E-state index is 13.6. The van der Waals surface area contributed by atoms with Crippen molar-refractivity contribution in [3.63, 3.8) is 0 Å². The van der Waals surface area contributed by atoms with Gasteiger partial charge < -0.3 is 10.1 Å². The van der Waals surface area contributed by atoms with Crippen LogP contribution in [-0.4, -0.2) is 28.0 Å². The number of sulfonamides is 1. The Labute approximate surface area is 210 Å². The van der Waals surface area contributed by atoms with Gasteiger partial charge in [-0.05, 0) is 59.7 Å². The van der Waals surface area contributed by atoms with Crippen LogP contribution in [0.3, 0.4) is 0 Å². The van der Waals surface area contributed by atoms with E-state index in [1.807, 2.05) is 60.7 Å². The van der Waals surface area contributed by atoms with Crippen LogP contribution in [0.25, 0.3) is 0 Å². The summed E-state index contributed by atoms with van der Waals surface area (Å²) < 4.78 is 46.9. The molecule has 0 aliphatic rings. The molecule has 0 fully saturated rings. The number of ether oxygens (including phenoxy) is 1. The summed E-state index contributed by atoms with van der Waals surface area (Å²) in [4.78, 5) is 13.3. The highest BCUT2D eigenvalue weighted by atomic mass is 32.2. The number of nitrogens with one attached hydrogen (secondary N) is 1. The number of halogens is 1. The number of rotatable bonds is 9. The Morgan fingerprint density at radius 1 is 0.833 bits per heavy atom. The third-order valence-corrected chi connectivity index (χ3v) is 7.41. The van der Waals surface area contributed by atoms with E-state index in [2.05, 4.69) is 5.32 Å². The van der Waals surface area contributed by atoms with Crippen molar-refractivity contribution < 1.29 is 22.3 Å². The van der Waals surface area contributed by atoms with Gasteiger partial charge in [-0.3, -0.25) is 9.10 Å². The molecule has 1 N–H and O–H groups in total. The SMILES string of the molecule is COc1ccc(S(=O)(=O)N(CC(=O)NC(c2ccccc2)c2ccccc2)c2ccc(F)cc2)cc1. The van der Waals surface area contributed by atoms with Crippen LogP contribution in [0.4, 0.5) is 10.1 Å². The van der Waals surface area contributed by atoms with Gasteiger partial charge in [-0.25, -0.2) is 12.8 Å². The summed E-state index contributed by atoms with van der Waals surface area (Å²) in [6, 6.07) is 29.1. The molecule has 0 bridgehead atoms. The molecule has 0 spiro atoms. The first-order chi connectivity index (χ1) is 17.4. The zero-order valence-corrected chi connectivity index (χ0v) is 20.4. The third kappa shape index (κ3) is 5.72.